The largest absolute Gasteiger partial charge is 0.382 e. The standard InChI is InChI=1S/C12H11BrN4O/c1-7-2-3-9(8(13)4-7)17-12(18)10-5-15-6-11(14)16-10/h2-6H,1H3,(H2,14,16)(H,17,18). The summed E-state index contributed by atoms with van der Waals surface area (Å²) in [5.74, 6) is -0.134. The number of anilines is 2. The lowest BCUT2D eigenvalue weighted by Crippen LogP contribution is -2.15. The Morgan fingerprint density at radius 1 is 1.39 bits per heavy atom. The second-order valence-electron chi connectivity index (χ2n) is 3.77. The second-order valence-corrected chi connectivity index (χ2v) is 4.62. The summed E-state index contributed by atoms with van der Waals surface area (Å²) >= 11 is 3.39. The number of nitrogens with zero attached hydrogens (tertiary/aromatic N) is 2. The molecule has 1 aromatic heterocycles. The number of nitrogen functional groups attached to an aromatic ring is 1. The summed E-state index contributed by atoms with van der Waals surface area (Å²) in [6.07, 6.45) is 2.76. The molecule has 0 bridgehead atoms. The van der Waals surface area contributed by atoms with Crippen molar-refractivity contribution >= 4 is 33.3 Å². The van der Waals surface area contributed by atoms with Crippen molar-refractivity contribution in [2.45, 2.75) is 6.92 Å². The smallest absolute Gasteiger partial charge is 0.275 e. The van der Waals surface area contributed by atoms with Crippen LogP contribution in [0.2, 0.25) is 0 Å². The Bertz CT molecular complexity index is 600. The van der Waals surface area contributed by atoms with Crippen LogP contribution in [0.5, 0.6) is 0 Å². The first-order chi connectivity index (χ1) is 8.56. The Morgan fingerprint density at radius 3 is 2.83 bits per heavy atom. The summed E-state index contributed by atoms with van der Waals surface area (Å²) in [5, 5.41) is 2.74. The first kappa shape index (κ1) is 12.5. The van der Waals surface area contributed by atoms with Crippen molar-refractivity contribution in [3.05, 3.63) is 46.3 Å². The molecular weight excluding hydrogens is 296 g/mol. The van der Waals surface area contributed by atoms with Gasteiger partial charge in [-0.2, -0.15) is 0 Å². The summed E-state index contributed by atoms with van der Waals surface area (Å²) in [6.45, 7) is 1.97. The SMILES string of the molecule is Cc1ccc(NC(=O)c2cncc(N)n2)c(Br)c1. The van der Waals surface area contributed by atoms with E-state index in [1.807, 2.05) is 25.1 Å². The zero-order chi connectivity index (χ0) is 13.1. The molecule has 1 amide bonds. The third kappa shape index (κ3) is 2.84. The van der Waals surface area contributed by atoms with Crippen LogP contribution in [-0.2, 0) is 0 Å². The molecule has 1 aromatic carbocycles. The Labute approximate surface area is 113 Å². The molecule has 0 saturated heterocycles. The van der Waals surface area contributed by atoms with Crippen LogP contribution in [0.15, 0.2) is 35.1 Å². The van der Waals surface area contributed by atoms with Crippen LogP contribution < -0.4 is 11.1 Å². The number of aromatic nitrogens is 2. The molecular formula is C12H11BrN4O. The van der Waals surface area contributed by atoms with Crippen LogP contribution in [0.1, 0.15) is 16.1 Å². The molecule has 0 fully saturated rings. The highest BCUT2D eigenvalue weighted by atomic mass is 79.9. The van der Waals surface area contributed by atoms with Gasteiger partial charge in [0.1, 0.15) is 11.5 Å². The highest BCUT2D eigenvalue weighted by Crippen LogP contribution is 2.23. The van der Waals surface area contributed by atoms with Crippen molar-refractivity contribution in [2.75, 3.05) is 11.1 Å². The zero-order valence-electron chi connectivity index (χ0n) is 9.64. The van der Waals surface area contributed by atoms with E-state index in [2.05, 4.69) is 31.2 Å². The van der Waals surface area contributed by atoms with Crippen LogP contribution in [0.4, 0.5) is 11.5 Å². The first-order valence-corrected chi connectivity index (χ1v) is 6.00. The minimum Gasteiger partial charge on any atom is -0.382 e. The highest BCUT2D eigenvalue weighted by molar-refractivity contribution is 9.10. The summed E-state index contributed by atoms with van der Waals surface area (Å²) in [6, 6.07) is 5.64. The quantitative estimate of drug-likeness (QED) is 0.892. The van der Waals surface area contributed by atoms with Gasteiger partial charge >= 0.3 is 0 Å². The average molecular weight is 307 g/mol. The average Bonchev–Trinajstić information content (AvgIpc) is 2.32. The van der Waals surface area contributed by atoms with Crippen LogP contribution in [0.25, 0.3) is 0 Å². The lowest BCUT2D eigenvalue weighted by molar-refractivity contribution is 0.102. The van der Waals surface area contributed by atoms with Gasteiger partial charge in [-0.25, -0.2) is 4.98 Å². The summed E-state index contributed by atoms with van der Waals surface area (Å²) in [7, 11) is 0. The zero-order valence-corrected chi connectivity index (χ0v) is 11.2. The maximum absolute atomic E-state index is 11.9. The number of nitrogens with two attached hydrogens (primary N) is 1. The Kier molecular flexibility index (Phi) is 3.57. The van der Waals surface area contributed by atoms with E-state index < -0.39 is 0 Å². The maximum atomic E-state index is 11.9. The van der Waals surface area contributed by atoms with Crippen molar-refractivity contribution in [2.24, 2.45) is 0 Å². The number of benzene rings is 1. The number of carbonyl (C=O) groups excluding carboxylic acids is 1. The summed E-state index contributed by atoms with van der Waals surface area (Å²) in [4.78, 5) is 19.6. The lowest BCUT2D eigenvalue weighted by atomic mass is 10.2. The predicted octanol–water partition coefficient (Wildman–Crippen LogP) is 2.38. The van der Waals surface area contributed by atoms with E-state index in [4.69, 9.17) is 5.73 Å². The normalized spacial score (nSPS) is 10.1. The third-order valence-electron chi connectivity index (χ3n) is 2.26. The Morgan fingerprint density at radius 2 is 2.17 bits per heavy atom. The van der Waals surface area contributed by atoms with Gasteiger partial charge in [0.25, 0.3) is 5.91 Å². The van der Waals surface area contributed by atoms with Crippen LogP contribution in [0.3, 0.4) is 0 Å². The van der Waals surface area contributed by atoms with Gasteiger partial charge in [-0.3, -0.25) is 9.78 Å². The van der Waals surface area contributed by atoms with Crippen LogP contribution in [-0.4, -0.2) is 15.9 Å². The third-order valence-corrected chi connectivity index (χ3v) is 2.91. The number of amides is 1. The van der Waals surface area contributed by atoms with Crippen molar-refractivity contribution in [3.8, 4) is 0 Å². The van der Waals surface area contributed by atoms with Gasteiger partial charge in [-0.15, -0.1) is 0 Å². The molecule has 92 valence electrons. The van der Waals surface area contributed by atoms with E-state index in [0.717, 1.165) is 10.0 Å². The second kappa shape index (κ2) is 5.14. The van der Waals surface area contributed by atoms with Crippen molar-refractivity contribution in [1.82, 2.24) is 9.97 Å². The summed E-state index contributed by atoms with van der Waals surface area (Å²) in [5.41, 5.74) is 7.44. The summed E-state index contributed by atoms with van der Waals surface area (Å²) < 4.78 is 0.813. The molecule has 18 heavy (non-hydrogen) atoms. The molecule has 1 heterocycles. The van der Waals surface area contributed by atoms with E-state index >= 15 is 0 Å². The van der Waals surface area contributed by atoms with Crippen LogP contribution in [0, 0.1) is 6.92 Å². The molecule has 0 unspecified atom stereocenters. The molecule has 0 radical (unpaired) electrons. The van der Waals surface area contributed by atoms with Gasteiger partial charge in [0.2, 0.25) is 0 Å². The fraction of sp³-hybridized carbons (Fsp3) is 0.0833. The van der Waals surface area contributed by atoms with Crippen molar-refractivity contribution < 1.29 is 4.79 Å². The molecule has 6 heteroatoms. The Hall–Kier alpha value is -1.95. The van der Waals surface area contributed by atoms with Gasteiger partial charge in [-0.05, 0) is 40.5 Å². The number of hydrogen-bond donors (Lipinski definition) is 2. The number of aryl methyl sites for hydroxylation is 1. The fourth-order valence-electron chi connectivity index (χ4n) is 1.40. The van der Waals surface area contributed by atoms with Crippen LogP contribution >= 0.6 is 15.9 Å². The number of nitrogens with one attached hydrogen (secondary N) is 1. The topological polar surface area (TPSA) is 80.9 Å². The lowest BCUT2D eigenvalue weighted by Gasteiger charge is -2.07. The minimum absolute atomic E-state index is 0.183. The number of rotatable bonds is 2. The van der Waals surface area contributed by atoms with Gasteiger partial charge in [-0.1, -0.05) is 6.07 Å². The van der Waals surface area contributed by atoms with E-state index in [-0.39, 0.29) is 17.4 Å². The number of halogens is 1. The molecule has 5 nitrogen and oxygen atoms in total. The molecule has 0 saturated carbocycles. The fourth-order valence-corrected chi connectivity index (χ4v) is 1.99. The van der Waals surface area contributed by atoms with E-state index in [1.54, 1.807) is 0 Å². The molecule has 0 spiro atoms. The van der Waals surface area contributed by atoms with E-state index in [1.165, 1.54) is 12.4 Å². The highest BCUT2D eigenvalue weighted by Gasteiger charge is 2.10. The molecule has 0 aliphatic rings. The molecule has 2 aromatic rings. The minimum atomic E-state index is -0.348. The molecule has 0 aliphatic heterocycles. The van der Waals surface area contributed by atoms with E-state index in [0.29, 0.717) is 5.69 Å². The molecule has 0 aliphatic carbocycles. The maximum Gasteiger partial charge on any atom is 0.275 e. The first-order valence-electron chi connectivity index (χ1n) is 5.21. The van der Waals surface area contributed by atoms with Gasteiger partial charge < -0.3 is 11.1 Å². The molecule has 3 N–H and O–H groups in total. The molecule has 0 atom stereocenters. The Balaban J connectivity index is 2.21. The monoisotopic (exact) mass is 306 g/mol. The van der Waals surface area contributed by atoms with Gasteiger partial charge in [0.05, 0.1) is 18.1 Å². The van der Waals surface area contributed by atoms with Crippen molar-refractivity contribution in [3.63, 3.8) is 0 Å². The van der Waals surface area contributed by atoms with Gasteiger partial charge in [0.15, 0.2) is 0 Å². The van der Waals surface area contributed by atoms with E-state index in [9.17, 15) is 4.79 Å². The van der Waals surface area contributed by atoms with Gasteiger partial charge in [0, 0.05) is 4.47 Å². The number of hydrogen-bond acceptors (Lipinski definition) is 4. The predicted molar refractivity (Wildman–Crippen MR) is 73.3 cm³/mol. The van der Waals surface area contributed by atoms with Crippen molar-refractivity contribution in [1.29, 1.82) is 0 Å². The number of carbonyl (C=O) groups is 1. The molecule has 2 rings (SSSR count).